The van der Waals surface area contributed by atoms with Crippen LogP contribution in [0, 0.1) is 11.6 Å². The molecule has 3 rings (SSSR count). The van der Waals surface area contributed by atoms with Gasteiger partial charge in [0, 0.05) is 11.8 Å². The predicted molar refractivity (Wildman–Crippen MR) is 93.7 cm³/mol. The fourth-order valence-electron chi connectivity index (χ4n) is 2.64. The maximum Gasteiger partial charge on any atom is 0.326 e. The number of halogens is 2. The second kappa shape index (κ2) is 7.55. The Bertz CT molecular complexity index is 992. The number of esters is 1. The predicted octanol–water partition coefficient (Wildman–Crippen LogP) is 2.06. The summed E-state index contributed by atoms with van der Waals surface area (Å²) < 4.78 is 31.1. The SMILES string of the molecule is C[C@@H](OC(=O)CN1C(=O)C(=O)c2ccccc21)C(=O)Nc1ccc(F)c(F)c1. The number of benzene rings is 2. The molecule has 1 atom stereocenters. The van der Waals surface area contributed by atoms with Gasteiger partial charge in [-0.3, -0.25) is 24.1 Å². The number of carbonyl (C=O) groups excluding carboxylic acids is 4. The number of para-hydroxylation sites is 1. The minimum atomic E-state index is -1.27. The van der Waals surface area contributed by atoms with E-state index in [9.17, 15) is 28.0 Å². The molecule has 1 aliphatic rings. The van der Waals surface area contributed by atoms with Crippen molar-refractivity contribution in [3.63, 3.8) is 0 Å². The van der Waals surface area contributed by atoms with Gasteiger partial charge in [0.05, 0.1) is 11.3 Å². The number of anilines is 2. The highest BCUT2D eigenvalue weighted by molar-refractivity contribution is 6.52. The summed E-state index contributed by atoms with van der Waals surface area (Å²) in [5.74, 6) is -5.49. The van der Waals surface area contributed by atoms with E-state index in [0.29, 0.717) is 0 Å². The van der Waals surface area contributed by atoms with E-state index < -0.39 is 47.9 Å². The van der Waals surface area contributed by atoms with E-state index in [-0.39, 0.29) is 16.9 Å². The fourth-order valence-corrected chi connectivity index (χ4v) is 2.64. The maximum atomic E-state index is 13.2. The van der Waals surface area contributed by atoms with Crippen LogP contribution in [0.25, 0.3) is 0 Å². The molecular weight excluding hydrogens is 374 g/mol. The van der Waals surface area contributed by atoms with Gasteiger partial charge >= 0.3 is 5.97 Å². The average Bonchev–Trinajstić information content (AvgIpc) is 2.90. The molecule has 2 aromatic carbocycles. The Balaban J connectivity index is 1.61. The molecule has 7 nitrogen and oxygen atoms in total. The molecule has 1 heterocycles. The Morgan fingerprint density at radius 3 is 2.54 bits per heavy atom. The summed E-state index contributed by atoms with van der Waals surface area (Å²) in [5.41, 5.74) is 0.457. The van der Waals surface area contributed by atoms with E-state index in [1.165, 1.54) is 19.1 Å². The van der Waals surface area contributed by atoms with E-state index >= 15 is 0 Å². The fraction of sp³-hybridized carbons (Fsp3) is 0.158. The molecule has 0 radical (unpaired) electrons. The number of amides is 2. The lowest BCUT2D eigenvalue weighted by Gasteiger charge is -2.18. The smallest absolute Gasteiger partial charge is 0.326 e. The minimum Gasteiger partial charge on any atom is -0.451 e. The summed E-state index contributed by atoms with van der Waals surface area (Å²) in [4.78, 5) is 49.1. The van der Waals surface area contributed by atoms with Crippen LogP contribution >= 0.6 is 0 Å². The summed E-state index contributed by atoms with van der Waals surface area (Å²) in [6.07, 6.45) is -1.27. The zero-order chi connectivity index (χ0) is 20.4. The second-order valence-electron chi connectivity index (χ2n) is 5.99. The van der Waals surface area contributed by atoms with Crippen molar-refractivity contribution in [3.8, 4) is 0 Å². The number of ketones is 1. The Hall–Kier alpha value is -3.62. The van der Waals surface area contributed by atoms with Crippen molar-refractivity contribution in [2.75, 3.05) is 16.8 Å². The van der Waals surface area contributed by atoms with Crippen LogP contribution in [-0.4, -0.2) is 36.2 Å². The molecule has 144 valence electrons. The van der Waals surface area contributed by atoms with Gasteiger partial charge in [-0.1, -0.05) is 12.1 Å². The lowest BCUT2D eigenvalue weighted by Crippen LogP contribution is -2.38. The van der Waals surface area contributed by atoms with Crippen LogP contribution in [0.15, 0.2) is 42.5 Å². The van der Waals surface area contributed by atoms with E-state index in [2.05, 4.69) is 5.32 Å². The van der Waals surface area contributed by atoms with Crippen molar-refractivity contribution < 1.29 is 32.7 Å². The number of fused-ring (bicyclic) bond motifs is 1. The van der Waals surface area contributed by atoms with Gasteiger partial charge in [-0.15, -0.1) is 0 Å². The molecule has 0 aliphatic carbocycles. The van der Waals surface area contributed by atoms with Gasteiger partial charge < -0.3 is 10.1 Å². The highest BCUT2D eigenvalue weighted by atomic mass is 19.2. The van der Waals surface area contributed by atoms with Crippen molar-refractivity contribution in [1.82, 2.24) is 0 Å². The van der Waals surface area contributed by atoms with E-state index in [4.69, 9.17) is 4.74 Å². The highest BCUT2D eigenvalue weighted by Gasteiger charge is 2.37. The van der Waals surface area contributed by atoms with Gasteiger partial charge in [-0.05, 0) is 31.2 Å². The molecule has 0 spiro atoms. The third-order valence-corrected chi connectivity index (χ3v) is 4.03. The highest BCUT2D eigenvalue weighted by Crippen LogP contribution is 2.28. The molecule has 28 heavy (non-hydrogen) atoms. The summed E-state index contributed by atoms with van der Waals surface area (Å²) in [6.45, 7) is 0.725. The molecule has 1 aliphatic heterocycles. The number of hydrogen-bond acceptors (Lipinski definition) is 5. The largest absolute Gasteiger partial charge is 0.451 e. The van der Waals surface area contributed by atoms with Crippen LogP contribution in [0.4, 0.5) is 20.2 Å². The molecule has 2 amide bonds. The lowest BCUT2D eigenvalue weighted by atomic mass is 10.1. The summed E-state index contributed by atoms with van der Waals surface area (Å²) >= 11 is 0. The molecule has 1 N–H and O–H groups in total. The summed E-state index contributed by atoms with van der Waals surface area (Å²) in [5, 5.41) is 2.28. The minimum absolute atomic E-state index is 0.0129. The van der Waals surface area contributed by atoms with Gasteiger partial charge in [-0.2, -0.15) is 0 Å². The first-order valence-corrected chi connectivity index (χ1v) is 8.18. The van der Waals surface area contributed by atoms with Crippen LogP contribution < -0.4 is 10.2 Å². The molecule has 2 aromatic rings. The molecule has 9 heteroatoms. The first kappa shape index (κ1) is 19.2. The van der Waals surface area contributed by atoms with Crippen LogP contribution in [0.2, 0.25) is 0 Å². The molecular formula is C19H14F2N2O5. The summed E-state index contributed by atoms with van der Waals surface area (Å²) in [6, 6.07) is 8.97. The average molecular weight is 388 g/mol. The van der Waals surface area contributed by atoms with Crippen molar-refractivity contribution in [2.45, 2.75) is 13.0 Å². The standard InChI is InChI=1S/C19H14F2N2O5/c1-10(18(26)22-11-6-7-13(20)14(21)8-11)28-16(24)9-23-15-5-3-2-4-12(15)17(25)19(23)27/h2-8,10H,9H2,1H3,(H,22,26)/t10-/m1/s1. The molecule has 0 bridgehead atoms. The Morgan fingerprint density at radius 2 is 1.82 bits per heavy atom. The quantitative estimate of drug-likeness (QED) is 0.625. The van der Waals surface area contributed by atoms with E-state index in [0.717, 1.165) is 23.1 Å². The molecule has 0 saturated carbocycles. The van der Waals surface area contributed by atoms with Gasteiger partial charge in [0.15, 0.2) is 17.7 Å². The monoisotopic (exact) mass is 388 g/mol. The van der Waals surface area contributed by atoms with Gasteiger partial charge in [0.1, 0.15) is 6.54 Å². The number of hydrogen-bond donors (Lipinski definition) is 1. The van der Waals surface area contributed by atoms with E-state index in [1.54, 1.807) is 12.1 Å². The second-order valence-corrected chi connectivity index (χ2v) is 5.99. The zero-order valence-electron chi connectivity index (χ0n) is 14.6. The Morgan fingerprint density at radius 1 is 1.11 bits per heavy atom. The third kappa shape index (κ3) is 3.73. The zero-order valence-corrected chi connectivity index (χ0v) is 14.6. The number of ether oxygens (including phenoxy) is 1. The van der Waals surface area contributed by atoms with Crippen molar-refractivity contribution >= 4 is 34.9 Å². The Kier molecular flexibility index (Phi) is 5.16. The van der Waals surface area contributed by atoms with Crippen LogP contribution in [0.5, 0.6) is 0 Å². The van der Waals surface area contributed by atoms with Gasteiger partial charge in [-0.25, -0.2) is 8.78 Å². The number of rotatable bonds is 5. The maximum absolute atomic E-state index is 13.2. The third-order valence-electron chi connectivity index (χ3n) is 4.03. The van der Waals surface area contributed by atoms with Crippen LogP contribution in [-0.2, 0) is 19.1 Å². The Labute approximate surface area is 157 Å². The van der Waals surface area contributed by atoms with Gasteiger partial charge in [0.25, 0.3) is 17.6 Å². The molecule has 0 aromatic heterocycles. The van der Waals surface area contributed by atoms with Crippen LogP contribution in [0.3, 0.4) is 0 Å². The first-order chi connectivity index (χ1) is 13.3. The number of nitrogens with one attached hydrogen (secondary N) is 1. The molecule has 0 saturated heterocycles. The normalized spacial score (nSPS) is 13.9. The van der Waals surface area contributed by atoms with E-state index in [1.807, 2.05) is 0 Å². The van der Waals surface area contributed by atoms with Gasteiger partial charge in [0.2, 0.25) is 0 Å². The van der Waals surface area contributed by atoms with Crippen LogP contribution in [0.1, 0.15) is 17.3 Å². The number of carbonyl (C=O) groups is 4. The van der Waals surface area contributed by atoms with Crippen molar-refractivity contribution in [2.24, 2.45) is 0 Å². The summed E-state index contributed by atoms with van der Waals surface area (Å²) in [7, 11) is 0. The first-order valence-electron chi connectivity index (χ1n) is 8.18. The van der Waals surface area contributed by atoms with Crippen molar-refractivity contribution in [3.05, 3.63) is 59.7 Å². The molecule has 0 unspecified atom stereocenters. The molecule has 0 fully saturated rings. The number of Topliss-reactive ketones (excluding diaryl/α,β-unsaturated/α-hetero) is 1. The number of nitrogens with zero attached hydrogens (tertiary/aromatic N) is 1. The lowest BCUT2D eigenvalue weighted by molar-refractivity contribution is -0.152. The van der Waals surface area contributed by atoms with Crippen molar-refractivity contribution in [1.29, 1.82) is 0 Å². The topological polar surface area (TPSA) is 92.8 Å².